The molecule has 20 aromatic rings. The molecule has 0 atom stereocenters. The molecule has 8 aromatic heterocycles. The van der Waals surface area contributed by atoms with E-state index in [1.165, 1.54) is 38.2 Å². The van der Waals surface area contributed by atoms with Gasteiger partial charge < -0.3 is 0 Å². The maximum absolute atomic E-state index is 4.96. The summed E-state index contributed by atoms with van der Waals surface area (Å²) in [6.45, 7) is 0. The fourth-order valence-corrected chi connectivity index (χ4v) is 15.0. The van der Waals surface area contributed by atoms with E-state index >= 15 is 0 Å². The van der Waals surface area contributed by atoms with Crippen LogP contribution in [-0.4, -0.2) is 59.8 Å². The number of hydrogen-bond acceptors (Lipinski definition) is 12. The average molecular weight is 1700 g/mol. The van der Waals surface area contributed by atoms with Crippen LogP contribution < -0.4 is 0 Å². The predicted octanol–water partition coefficient (Wildman–Crippen LogP) is 26.1. The van der Waals surface area contributed by atoms with E-state index in [0.717, 1.165) is 112 Å². The van der Waals surface area contributed by atoms with Crippen molar-refractivity contribution < 1.29 is 0 Å². The number of pyridine rings is 4. The first kappa shape index (κ1) is 71.9. The standard InChI is InChI=1S/2C25H16BrN3.2C23H14BrN3/c26-21-12-5-11-20(16-21)24-28-23(22-13-6-14-27-25(22)29-24)19-10-4-9-18(15-19)17-7-2-1-3-8-17;26-21-9-4-8-20(16-21)24-28-23(22-10-5-15-27-25(22)29-24)19-13-11-18(12-14-19)17-6-2-1-3-7-17;24-17-9-3-8-16(14-17)22-26-21(20-12-5-13-25-23(20)27-22)19-11-4-7-15-6-1-2-10-18(15)19;24-19-8-3-7-18(14-19)22-26-21(20-9-4-12-25-23(20)27-22)17-11-10-15-5-1-2-6-16(15)13-17/h2*1-16H;2*1-14H. The SMILES string of the molecule is Brc1cccc(-c2nc(-c3ccc(-c4ccccc4)cc3)c3cccnc3n2)c1.Brc1cccc(-c2nc(-c3ccc4ccccc4c3)c3cccnc3n2)c1.Brc1cccc(-c2nc(-c3cccc(-c4ccccc4)c3)c3cccnc3n2)c1.Brc1cccc(-c2nc(-c3cccc4ccccc34)c3cccnc3n2)c1. The van der Waals surface area contributed by atoms with E-state index in [1.54, 1.807) is 24.8 Å². The predicted molar refractivity (Wildman–Crippen MR) is 470 cm³/mol. The molecule has 532 valence electrons. The molecule has 0 saturated heterocycles. The number of fused-ring (bicyclic) bond motifs is 6. The topological polar surface area (TPSA) is 155 Å². The van der Waals surface area contributed by atoms with Crippen LogP contribution in [0.25, 0.3) is 179 Å². The van der Waals surface area contributed by atoms with Gasteiger partial charge in [0.15, 0.2) is 45.9 Å². The fourth-order valence-electron chi connectivity index (χ4n) is 13.4. The van der Waals surface area contributed by atoms with Crippen molar-refractivity contribution in [2.24, 2.45) is 0 Å². The quantitative estimate of drug-likeness (QED) is 0.128. The van der Waals surface area contributed by atoms with Crippen LogP contribution in [0.2, 0.25) is 0 Å². The smallest absolute Gasteiger partial charge is 0.163 e. The molecule has 0 aliphatic carbocycles. The largest absolute Gasteiger partial charge is 0.236 e. The van der Waals surface area contributed by atoms with Crippen LogP contribution in [0.15, 0.2) is 382 Å². The summed E-state index contributed by atoms with van der Waals surface area (Å²) >= 11 is 14.1. The minimum atomic E-state index is 0.664. The molecule has 0 saturated carbocycles. The van der Waals surface area contributed by atoms with Gasteiger partial charge in [-0.2, -0.15) is 0 Å². The summed E-state index contributed by atoms with van der Waals surface area (Å²) in [6.07, 6.45) is 7.07. The lowest BCUT2D eigenvalue weighted by molar-refractivity contribution is 1.19. The van der Waals surface area contributed by atoms with Crippen molar-refractivity contribution in [3.8, 4) is 113 Å². The minimum Gasteiger partial charge on any atom is -0.236 e. The maximum atomic E-state index is 4.96. The molecular formula is C96H60Br4N12. The van der Waals surface area contributed by atoms with Crippen molar-refractivity contribution in [2.75, 3.05) is 0 Å². The second-order valence-corrected chi connectivity index (χ2v) is 29.8. The van der Waals surface area contributed by atoms with Crippen LogP contribution in [0.4, 0.5) is 0 Å². The minimum absolute atomic E-state index is 0.664. The monoisotopic (exact) mass is 1700 g/mol. The molecule has 8 heterocycles. The average Bonchev–Trinajstić information content (AvgIpc) is 0.785. The molecule has 20 rings (SSSR count). The van der Waals surface area contributed by atoms with Crippen LogP contribution in [-0.2, 0) is 0 Å². The molecule has 12 nitrogen and oxygen atoms in total. The first-order valence-corrected chi connectivity index (χ1v) is 39.1. The number of rotatable bonds is 10. The van der Waals surface area contributed by atoms with E-state index in [-0.39, 0.29) is 0 Å². The van der Waals surface area contributed by atoms with Gasteiger partial charge in [0.25, 0.3) is 0 Å². The van der Waals surface area contributed by atoms with Crippen LogP contribution in [0, 0.1) is 0 Å². The van der Waals surface area contributed by atoms with Crippen molar-refractivity contribution in [1.29, 1.82) is 0 Å². The molecule has 12 aromatic carbocycles. The summed E-state index contributed by atoms with van der Waals surface area (Å²) in [7, 11) is 0. The zero-order chi connectivity index (χ0) is 75.7. The highest BCUT2D eigenvalue weighted by Gasteiger charge is 2.19. The third kappa shape index (κ3) is 16.1. The lowest BCUT2D eigenvalue weighted by atomic mass is 10.00. The van der Waals surface area contributed by atoms with Gasteiger partial charge in [0.05, 0.1) is 22.8 Å². The first-order valence-electron chi connectivity index (χ1n) is 36.0. The zero-order valence-electron chi connectivity index (χ0n) is 59.5. The van der Waals surface area contributed by atoms with Crippen molar-refractivity contribution in [3.63, 3.8) is 0 Å². The van der Waals surface area contributed by atoms with Crippen molar-refractivity contribution in [2.45, 2.75) is 0 Å². The van der Waals surface area contributed by atoms with E-state index in [9.17, 15) is 0 Å². The Morgan fingerprint density at radius 2 is 0.473 bits per heavy atom. The number of aromatic nitrogens is 12. The van der Waals surface area contributed by atoms with Gasteiger partial charge in [-0.1, -0.05) is 294 Å². The van der Waals surface area contributed by atoms with E-state index in [4.69, 9.17) is 39.9 Å². The third-order valence-electron chi connectivity index (χ3n) is 18.8. The van der Waals surface area contributed by atoms with Gasteiger partial charge in [0.1, 0.15) is 0 Å². The maximum Gasteiger partial charge on any atom is 0.163 e. The van der Waals surface area contributed by atoms with E-state index in [0.29, 0.717) is 45.9 Å². The van der Waals surface area contributed by atoms with E-state index in [1.807, 2.05) is 158 Å². The van der Waals surface area contributed by atoms with Gasteiger partial charge in [0, 0.05) is 109 Å². The van der Waals surface area contributed by atoms with Crippen LogP contribution in [0.1, 0.15) is 0 Å². The number of halogens is 4. The molecule has 16 heteroatoms. The molecule has 0 aliphatic heterocycles. The Labute approximate surface area is 678 Å². The molecular weight excluding hydrogens is 1640 g/mol. The fraction of sp³-hybridized carbons (Fsp3) is 0. The van der Waals surface area contributed by atoms with Crippen molar-refractivity contribution in [3.05, 3.63) is 382 Å². The van der Waals surface area contributed by atoms with Crippen LogP contribution in [0.5, 0.6) is 0 Å². The van der Waals surface area contributed by atoms with Gasteiger partial charge >= 0.3 is 0 Å². The summed E-state index contributed by atoms with van der Waals surface area (Å²) in [6, 6.07) is 115. The van der Waals surface area contributed by atoms with Gasteiger partial charge in [0.2, 0.25) is 0 Å². The third-order valence-corrected chi connectivity index (χ3v) is 20.8. The molecule has 0 radical (unpaired) electrons. The lowest BCUT2D eigenvalue weighted by Crippen LogP contribution is -1.97. The van der Waals surface area contributed by atoms with Gasteiger partial charge in [-0.3, -0.25) is 0 Å². The Bertz CT molecular complexity index is 6850. The van der Waals surface area contributed by atoms with Crippen molar-refractivity contribution >= 4 is 129 Å². The molecule has 0 aliphatic rings. The van der Waals surface area contributed by atoms with Crippen LogP contribution >= 0.6 is 63.7 Å². The summed E-state index contributed by atoms with van der Waals surface area (Å²) in [5.74, 6) is 2.67. The Morgan fingerprint density at radius 3 is 0.938 bits per heavy atom. The summed E-state index contributed by atoms with van der Waals surface area (Å²) in [5.41, 5.74) is 19.1. The molecule has 0 bridgehead atoms. The highest BCUT2D eigenvalue weighted by atomic mass is 79.9. The van der Waals surface area contributed by atoms with Crippen LogP contribution in [0.3, 0.4) is 0 Å². The van der Waals surface area contributed by atoms with E-state index < -0.39 is 0 Å². The van der Waals surface area contributed by atoms with E-state index in [2.05, 4.69) is 266 Å². The Hall–Kier alpha value is -13.0. The molecule has 0 fully saturated rings. The number of nitrogens with zero attached hydrogens (tertiary/aromatic N) is 12. The first-order chi connectivity index (χ1) is 55.1. The summed E-state index contributed by atoms with van der Waals surface area (Å²) in [4.78, 5) is 56.5. The molecule has 112 heavy (non-hydrogen) atoms. The zero-order valence-corrected chi connectivity index (χ0v) is 65.9. The molecule has 0 amide bonds. The molecule has 0 spiro atoms. The van der Waals surface area contributed by atoms with Gasteiger partial charge in [-0.05, 0) is 153 Å². The van der Waals surface area contributed by atoms with Crippen molar-refractivity contribution in [1.82, 2.24) is 59.8 Å². The molecule has 0 N–H and O–H groups in total. The Balaban J connectivity index is 0.000000108. The number of benzene rings is 12. The normalized spacial score (nSPS) is 11.0. The van der Waals surface area contributed by atoms with Gasteiger partial charge in [-0.15, -0.1) is 0 Å². The van der Waals surface area contributed by atoms with Gasteiger partial charge in [-0.25, -0.2) is 59.8 Å². The second kappa shape index (κ2) is 33.1. The highest BCUT2D eigenvalue weighted by molar-refractivity contribution is 9.11. The number of hydrogen-bond donors (Lipinski definition) is 0. The Kier molecular flexibility index (Phi) is 21.3. The summed E-state index contributed by atoms with van der Waals surface area (Å²) < 4.78 is 3.98. The Morgan fingerprint density at radius 1 is 0.170 bits per heavy atom. The second-order valence-electron chi connectivity index (χ2n) is 26.1. The molecule has 0 unspecified atom stereocenters. The highest BCUT2D eigenvalue weighted by Crippen LogP contribution is 2.38. The summed E-state index contributed by atoms with van der Waals surface area (Å²) in [5, 5.41) is 8.55. The lowest BCUT2D eigenvalue weighted by Gasteiger charge is -2.11.